The first kappa shape index (κ1) is 25.6. The van der Waals surface area contributed by atoms with Crippen molar-refractivity contribution in [2.45, 2.75) is 51.3 Å². The van der Waals surface area contributed by atoms with E-state index in [1.165, 1.54) is 6.07 Å². The van der Waals surface area contributed by atoms with Gasteiger partial charge >= 0.3 is 0 Å². The lowest BCUT2D eigenvalue weighted by molar-refractivity contribution is 0.162. The Morgan fingerprint density at radius 1 is 1.23 bits per heavy atom. The highest BCUT2D eigenvalue weighted by Crippen LogP contribution is 2.31. The fraction of sp³-hybridized carbons (Fsp3) is 0.545. The van der Waals surface area contributed by atoms with Crippen LogP contribution in [-0.4, -0.2) is 67.7 Å². The minimum atomic E-state index is -2.58. The average molecular weight is 517 g/mol. The first-order valence-corrected chi connectivity index (χ1v) is 12.5. The van der Waals surface area contributed by atoms with Crippen molar-refractivity contribution in [3.8, 4) is 5.75 Å². The summed E-state index contributed by atoms with van der Waals surface area (Å²) in [5.74, 6) is -0.957. The summed E-state index contributed by atoms with van der Waals surface area (Å²) in [7, 11) is 0. The standard InChI is InChI=1S/C22H27F4N5O3S/c1-13-8-17-18(11-31(13)12-35(32)33)29-22(21(28-17)27-10-20(25)26)30-6-4-15(5-7-30)34-19-3-2-14(23)9-16(19)24/h2-3,9,13,15,20H,4-8,10-12H2,1H3,(H,27,28)(H,32,33)/p-1. The molecule has 0 spiro atoms. The normalized spacial score (nSPS) is 20.1. The van der Waals surface area contributed by atoms with Crippen LogP contribution in [0.15, 0.2) is 18.2 Å². The van der Waals surface area contributed by atoms with Crippen LogP contribution in [0.4, 0.5) is 29.2 Å². The minimum Gasteiger partial charge on any atom is -0.771 e. The molecular formula is C22H26F4N5O3S-. The van der Waals surface area contributed by atoms with Crippen LogP contribution >= 0.6 is 0 Å². The maximum atomic E-state index is 13.9. The van der Waals surface area contributed by atoms with Gasteiger partial charge in [-0.25, -0.2) is 27.5 Å². The predicted octanol–water partition coefficient (Wildman–Crippen LogP) is 3.06. The van der Waals surface area contributed by atoms with Gasteiger partial charge in [0.15, 0.2) is 23.2 Å². The molecule has 1 aromatic heterocycles. The molecule has 35 heavy (non-hydrogen) atoms. The van der Waals surface area contributed by atoms with Gasteiger partial charge in [0.1, 0.15) is 11.9 Å². The van der Waals surface area contributed by atoms with Gasteiger partial charge < -0.3 is 19.5 Å². The van der Waals surface area contributed by atoms with Gasteiger partial charge in [-0.15, -0.1) is 0 Å². The molecule has 13 heteroatoms. The van der Waals surface area contributed by atoms with Gasteiger partial charge in [0.2, 0.25) is 0 Å². The van der Waals surface area contributed by atoms with Crippen molar-refractivity contribution < 1.29 is 31.1 Å². The third kappa shape index (κ3) is 6.39. The molecule has 2 aliphatic rings. The fourth-order valence-corrected chi connectivity index (χ4v) is 4.92. The second kappa shape index (κ2) is 11.0. The molecule has 0 amide bonds. The lowest BCUT2D eigenvalue weighted by atomic mass is 10.0. The molecular weight excluding hydrogens is 490 g/mol. The van der Waals surface area contributed by atoms with Crippen molar-refractivity contribution in [3.05, 3.63) is 41.2 Å². The quantitative estimate of drug-likeness (QED) is 0.423. The molecule has 192 valence electrons. The summed E-state index contributed by atoms with van der Waals surface area (Å²) in [5.41, 5.74) is 1.26. The zero-order valence-corrected chi connectivity index (χ0v) is 19.9. The molecule has 2 atom stereocenters. The molecule has 3 heterocycles. The Bertz CT molecular complexity index is 1070. The predicted molar refractivity (Wildman–Crippen MR) is 121 cm³/mol. The molecule has 0 aliphatic carbocycles. The number of benzene rings is 1. The van der Waals surface area contributed by atoms with E-state index in [0.717, 1.165) is 12.1 Å². The van der Waals surface area contributed by atoms with Gasteiger partial charge in [0.25, 0.3) is 6.43 Å². The Labute approximate surface area is 203 Å². The number of rotatable bonds is 8. The number of aromatic nitrogens is 2. The Hall–Kier alpha value is -2.51. The highest BCUT2D eigenvalue weighted by Gasteiger charge is 2.30. The number of ether oxygens (including phenoxy) is 1. The molecule has 2 aromatic rings. The number of hydrogen-bond acceptors (Lipinski definition) is 8. The maximum absolute atomic E-state index is 13.9. The van der Waals surface area contributed by atoms with E-state index in [4.69, 9.17) is 9.72 Å². The number of nitrogens with zero attached hydrogens (tertiary/aromatic N) is 4. The molecule has 1 N–H and O–H groups in total. The van der Waals surface area contributed by atoms with Crippen LogP contribution in [0.2, 0.25) is 0 Å². The highest BCUT2D eigenvalue weighted by atomic mass is 32.2. The van der Waals surface area contributed by atoms with E-state index >= 15 is 0 Å². The monoisotopic (exact) mass is 516 g/mol. The Kier molecular flexibility index (Phi) is 8.07. The summed E-state index contributed by atoms with van der Waals surface area (Å²) < 4.78 is 81.1. The molecule has 4 rings (SSSR count). The van der Waals surface area contributed by atoms with Crippen molar-refractivity contribution >= 4 is 22.7 Å². The fourth-order valence-electron chi connectivity index (χ4n) is 4.30. The average Bonchev–Trinajstić information content (AvgIpc) is 2.80. The van der Waals surface area contributed by atoms with Crippen LogP contribution in [0.3, 0.4) is 0 Å². The van der Waals surface area contributed by atoms with Gasteiger partial charge in [-0.3, -0.25) is 9.11 Å². The molecule has 8 nitrogen and oxygen atoms in total. The number of fused-ring (bicyclic) bond motifs is 1. The lowest BCUT2D eigenvalue weighted by Gasteiger charge is -2.37. The van der Waals surface area contributed by atoms with E-state index < -0.39 is 35.7 Å². The van der Waals surface area contributed by atoms with Gasteiger partial charge in [0, 0.05) is 51.0 Å². The van der Waals surface area contributed by atoms with Crippen LogP contribution in [0.1, 0.15) is 31.2 Å². The van der Waals surface area contributed by atoms with E-state index in [9.17, 15) is 26.3 Å². The van der Waals surface area contributed by atoms with Gasteiger partial charge in [-0.2, -0.15) is 0 Å². The summed E-state index contributed by atoms with van der Waals surface area (Å²) in [6, 6.07) is 3.05. The first-order valence-electron chi connectivity index (χ1n) is 11.3. The van der Waals surface area contributed by atoms with Crippen LogP contribution in [0, 0.1) is 11.6 Å². The van der Waals surface area contributed by atoms with Gasteiger partial charge in [0.05, 0.1) is 23.8 Å². The van der Waals surface area contributed by atoms with Crippen LogP contribution < -0.4 is 15.0 Å². The zero-order chi connectivity index (χ0) is 25.1. The number of hydrogen-bond donors (Lipinski definition) is 1. The second-order valence-corrected chi connectivity index (χ2v) is 9.54. The summed E-state index contributed by atoms with van der Waals surface area (Å²) in [5, 5.41) is 2.69. The first-order chi connectivity index (χ1) is 16.7. The summed E-state index contributed by atoms with van der Waals surface area (Å²) in [4.78, 5) is 13.0. The van der Waals surface area contributed by atoms with Crippen LogP contribution in [0.25, 0.3) is 0 Å². The number of nitrogens with one attached hydrogen (secondary N) is 1. The molecule has 2 unspecified atom stereocenters. The van der Waals surface area contributed by atoms with Crippen LogP contribution in [0.5, 0.6) is 5.75 Å². The third-order valence-electron chi connectivity index (χ3n) is 6.12. The maximum Gasteiger partial charge on any atom is 0.255 e. The van der Waals surface area contributed by atoms with E-state index in [1.807, 2.05) is 11.8 Å². The van der Waals surface area contributed by atoms with Gasteiger partial charge in [-0.1, -0.05) is 0 Å². The summed E-state index contributed by atoms with van der Waals surface area (Å²) in [6.45, 7) is 2.49. The van der Waals surface area contributed by atoms with E-state index in [2.05, 4.69) is 10.3 Å². The van der Waals surface area contributed by atoms with Crippen LogP contribution in [-0.2, 0) is 24.0 Å². The largest absolute Gasteiger partial charge is 0.771 e. The minimum absolute atomic E-state index is 0.0253. The Balaban J connectivity index is 1.51. The van der Waals surface area contributed by atoms with Crippen molar-refractivity contribution in [1.82, 2.24) is 14.9 Å². The zero-order valence-electron chi connectivity index (χ0n) is 19.1. The molecule has 0 radical (unpaired) electrons. The molecule has 1 fully saturated rings. The number of anilines is 2. The van der Waals surface area contributed by atoms with Crippen molar-refractivity contribution in [3.63, 3.8) is 0 Å². The van der Waals surface area contributed by atoms with Crippen molar-refractivity contribution in [2.24, 2.45) is 0 Å². The highest BCUT2D eigenvalue weighted by molar-refractivity contribution is 7.79. The summed E-state index contributed by atoms with van der Waals surface area (Å²) >= 11 is -2.25. The van der Waals surface area contributed by atoms with Crippen molar-refractivity contribution in [1.29, 1.82) is 0 Å². The number of piperidine rings is 1. The molecule has 1 aromatic carbocycles. The molecule has 0 saturated carbocycles. The summed E-state index contributed by atoms with van der Waals surface area (Å²) in [6.07, 6.45) is -1.43. The molecule has 2 aliphatic heterocycles. The molecule has 1 saturated heterocycles. The van der Waals surface area contributed by atoms with Gasteiger partial charge in [-0.05, 0) is 30.1 Å². The smallest absolute Gasteiger partial charge is 0.255 e. The van der Waals surface area contributed by atoms with E-state index in [-0.39, 0.29) is 36.1 Å². The second-order valence-electron chi connectivity index (χ2n) is 8.67. The van der Waals surface area contributed by atoms with E-state index in [0.29, 0.717) is 49.6 Å². The number of halogens is 4. The third-order valence-corrected chi connectivity index (χ3v) is 6.66. The van der Waals surface area contributed by atoms with E-state index in [1.54, 1.807) is 4.90 Å². The SMILES string of the molecule is CC1Cc2nc(NCC(F)F)c(N3CCC(Oc4ccc(F)cc4F)CC3)nc2CN1CS(=O)[O-]. The van der Waals surface area contributed by atoms with Crippen molar-refractivity contribution in [2.75, 3.05) is 35.7 Å². The molecule has 0 bridgehead atoms. The Morgan fingerprint density at radius 2 is 1.97 bits per heavy atom. The number of alkyl halides is 2. The topological polar surface area (TPSA) is 93.7 Å². The Morgan fingerprint density at radius 3 is 2.63 bits per heavy atom. The lowest BCUT2D eigenvalue weighted by Crippen LogP contribution is -2.42.